The number of hydrogen-bond acceptors (Lipinski definition) is 5. The number of thiocarbonyl (C=S) groups is 1. The largest absolute Gasteiger partial charge is 0.364 e. The number of rotatable bonds is 3. The first kappa shape index (κ1) is 18.2. The van der Waals surface area contributed by atoms with Crippen LogP contribution in [0.1, 0.15) is 28.7 Å². The van der Waals surface area contributed by atoms with Crippen LogP contribution in [0.2, 0.25) is 0 Å². The Morgan fingerprint density at radius 2 is 1.77 bits per heavy atom. The van der Waals surface area contributed by atoms with Gasteiger partial charge in [-0.1, -0.05) is 77.6 Å². The van der Waals surface area contributed by atoms with E-state index in [1.165, 1.54) is 11.8 Å². The fourth-order valence-corrected chi connectivity index (χ4v) is 4.72. The molecule has 3 nitrogen and oxygen atoms in total. The topological polar surface area (TPSA) is 59.6 Å². The number of aryl methyl sites for hydroxylation is 2. The molecule has 0 amide bonds. The third kappa shape index (κ3) is 3.37. The van der Waals surface area contributed by atoms with E-state index in [1.807, 2.05) is 56.3 Å². The smallest absolute Gasteiger partial charge is 0.128 e. The van der Waals surface area contributed by atoms with Crippen molar-refractivity contribution in [3.63, 3.8) is 0 Å². The summed E-state index contributed by atoms with van der Waals surface area (Å²) in [6.45, 7) is 4.03. The van der Waals surface area contributed by atoms with Gasteiger partial charge in [0.1, 0.15) is 16.5 Å². The van der Waals surface area contributed by atoms with Crippen LogP contribution in [0, 0.1) is 36.5 Å². The number of thioether (sulfide) groups is 1. The van der Waals surface area contributed by atoms with E-state index in [1.54, 1.807) is 0 Å². The van der Waals surface area contributed by atoms with Gasteiger partial charge in [0.25, 0.3) is 0 Å². The fraction of sp³-hybridized carbons (Fsp3) is 0.190. The number of hydrogen-bond donors (Lipinski definition) is 1. The molecule has 1 aliphatic rings. The van der Waals surface area contributed by atoms with Crippen molar-refractivity contribution in [1.82, 2.24) is 5.32 Å². The maximum absolute atomic E-state index is 9.66. The van der Waals surface area contributed by atoms with Crippen molar-refractivity contribution in [2.24, 2.45) is 0 Å². The summed E-state index contributed by atoms with van der Waals surface area (Å²) >= 11 is 6.94. The zero-order valence-corrected chi connectivity index (χ0v) is 16.2. The molecule has 3 rings (SSSR count). The van der Waals surface area contributed by atoms with Crippen molar-refractivity contribution >= 4 is 33.9 Å². The molecule has 1 unspecified atom stereocenters. The SMILES string of the molecule is Cc1cccc(C2=C(C#N)C(=S)SC(CC#N)(c3cccc(C)c3)N2)c1. The van der Waals surface area contributed by atoms with Crippen molar-refractivity contribution in [1.29, 1.82) is 10.5 Å². The van der Waals surface area contributed by atoms with Crippen LogP contribution in [0.5, 0.6) is 0 Å². The second-order valence-electron chi connectivity index (χ2n) is 6.28. The van der Waals surface area contributed by atoms with Gasteiger partial charge in [-0.15, -0.1) is 0 Å². The molecule has 1 N–H and O–H groups in total. The van der Waals surface area contributed by atoms with Crippen LogP contribution in [-0.4, -0.2) is 4.20 Å². The minimum atomic E-state index is -0.711. The predicted octanol–water partition coefficient (Wildman–Crippen LogP) is 4.97. The molecule has 0 bridgehead atoms. The van der Waals surface area contributed by atoms with E-state index in [2.05, 4.69) is 23.5 Å². The average molecular weight is 376 g/mol. The third-order valence-corrected chi connectivity index (χ3v) is 5.95. The van der Waals surface area contributed by atoms with E-state index in [-0.39, 0.29) is 6.42 Å². The van der Waals surface area contributed by atoms with Gasteiger partial charge in [0, 0.05) is 0 Å². The Balaban J connectivity index is 2.19. The zero-order valence-electron chi connectivity index (χ0n) is 14.5. The zero-order chi connectivity index (χ0) is 18.7. The van der Waals surface area contributed by atoms with Crippen molar-refractivity contribution in [2.75, 3.05) is 0 Å². The van der Waals surface area contributed by atoms with Crippen LogP contribution in [0.15, 0.2) is 54.1 Å². The molecule has 2 aromatic rings. The monoisotopic (exact) mass is 375 g/mol. The molecular formula is C21H17N3S2. The van der Waals surface area contributed by atoms with E-state index >= 15 is 0 Å². The van der Waals surface area contributed by atoms with Gasteiger partial charge in [-0.2, -0.15) is 10.5 Å². The Hall–Kier alpha value is -2.60. The van der Waals surface area contributed by atoms with Crippen molar-refractivity contribution in [2.45, 2.75) is 25.1 Å². The molecule has 0 aromatic heterocycles. The highest BCUT2D eigenvalue weighted by Crippen LogP contribution is 2.45. The second kappa shape index (κ2) is 7.33. The summed E-state index contributed by atoms with van der Waals surface area (Å²) in [4.78, 5) is -0.711. The molecule has 2 aromatic carbocycles. The molecule has 128 valence electrons. The van der Waals surface area contributed by atoms with Gasteiger partial charge in [-0.05, 0) is 31.0 Å². The van der Waals surface area contributed by atoms with Crippen LogP contribution >= 0.6 is 24.0 Å². The van der Waals surface area contributed by atoms with Gasteiger partial charge in [-0.25, -0.2) is 0 Å². The van der Waals surface area contributed by atoms with Crippen LogP contribution in [-0.2, 0) is 4.87 Å². The first-order chi connectivity index (χ1) is 12.5. The predicted molar refractivity (Wildman–Crippen MR) is 110 cm³/mol. The summed E-state index contributed by atoms with van der Waals surface area (Å²) < 4.78 is 0.513. The molecule has 0 radical (unpaired) electrons. The molecule has 1 aliphatic heterocycles. The number of nitrogens with one attached hydrogen (secondary N) is 1. The average Bonchev–Trinajstić information content (AvgIpc) is 2.61. The van der Waals surface area contributed by atoms with E-state index < -0.39 is 4.87 Å². The van der Waals surface area contributed by atoms with Crippen LogP contribution < -0.4 is 5.32 Å². The molecule has 0 spiro atoms. The Bertz CT molecular complexity index is 995. The van der Waals surface area contributed by atoms with Gasteiger partial charge in [0.2, 0.25) is 0 Å². The molecule has 5 heteroatoms. The molecule has 26 heavy (non-hydrogen) atoms. The lowest BCUT2D eigenvalue weighted by Gasteiger charge is -2.39. The molecule has 0 saturated heterocycles. The lowest BCUT2D eigenvalue weighted by Crippen LogP contribution is -2.42. The van der Waals surface area contributed by atoms with Crippen molar-refractivity contribution in [3.8, 4) is 12.1 Å². The van der Waals surface area contributed by atoms with Gasteiger partial charge >= 0.3 is 0 Å². The lowest BCUT2D eigenvalue weighted by molar-refractivity contribution is 0.584. The van der Waals surface area contributed by atoms with E-state index in [0.717, 1.165) is 22.3 Å². The first-order valence-corrected chi connectivity index (χ1v) is 9.38. The summed E-state index contributed by atoms with van der Waals surface area (Å²) in [5.41, 5.74) is 5.24. The highest BCUT2D eigenvalue weighted by atomic mass is 32.2. The molecular weight excluding hydrogens is 358 g/mol. The highest BCUT2D eigenvalue weighted by molar-refractivity contribution is 8.24. The quantitative estimate of drug-likeness (QED) is 0.768. The van der Waals surface area contributed by atoms with Gasteiger partial charge in [0.05, 0.1) is 22.4 Å². The Kier molecular flexibility index (Phi) is 5.13. The standard InChI is InChI=1S/C21H17N3S2/c1-14-5-3-7-16(11-14)19-18(13-23)20(25)26-21(24-19,9-10-22)17-8-4-6-15(2)12-17/h3-8,11-12,24H,9H2,1-2H3. The second-order valence-corrected chi connectivity index (χ2v) is 8.25. The van der Waals surface area contributed by atoms with Gasteiger partial charge < -0.3 is 5.32 Å². The van der Waals surface area contributed by atoms with Crippen molar-refractivity contribution in [3.05, 3.63) is 76.4 Å². The number of benzene rings is 2. The van der Waals surface area contributed by atoms with E-state index in [9.17, 15) is 10.5 Å². The van der Waals surface area contributed by atoms with Crippen LogP contribution in [0.25, 0.3) is 5.70 Å². The minimum absolute atomic E-state index is 0.231. The summed E-state index contributed by atoms with van der Waals surface area (Å²) in [5, 5.41) is 22.7. The van der Waals surface area contributed by atoms with Gasteiger partial charge in [-0.3, -0.25) is 0 Å². The molecule has 0 aliphatic carbocycles. The summed E-state index contributed by atoms with van der Waals surface area (Å²) in [7, 11) is 0. The van der Waals surface area contributed by atoms with E-state index in [0.29, 0.717) is 15.5 Å². The molecule has 1 atom stereocenters. The van der Waals surface area contributed by atoms with Crippen molar-refractivity contribution < 1.29 is 0 Å². The third-order valence-electron chi connectivity index (χ3n) is 4.28. The molecule has 0 saturated carbocycles. The fourth-order valence-electron chi connectivity index (χ4n) is 3.04. The van der Waals surface area contributed by atoms with E-state index in [4.69, 9.17) is 12.2 Å². The molecule has 1 heterocycles. The Morgan fingerprint density at radius 3 is 2.38 bits per heavy atom. The maximum atomic E-state index is 9.66. The normalized spacial score (nSPS) is 19.5. The summed E-state index contributed by atoms with van der Waals surface area (Å²) in [6, 6.07) is 20.5. The lowest BCUT2D eigenvalue weighted by atomic mass is 9.98. The maximum Gasteiger partial charge on any atom is 0.128 e. The Morgan fingerprint density at radius 1 is 1.08 bits per heavy atom. The Labute approximate surface area is 163 Å². The number of nitrogens with zero attached hydrogens (tertiary/aromatic N) is 2. The van der Waals surface area contributed by atoms with Crippen LogP contribution in [0.4, 0.5) is 0 Å². The van der Waals surface area contributed by atoms with Crippen LogP contribution in [0.3, 0.4) is 0 Å². The highest BCUT2D eigenvalue weighted by Gasteiger charge is 2.40. The number of nitriles is 2. The van der Waals surface area contributed by atoms with Gasteiger partial charge in [0.15, 0.2) is 0 Å². The molecule has 0 fully saturated rings. The minimum Gasteiger partial charge on any atom is -0.364 e. The summed E-state index contributed by atoms with van der Waals surface area (Å²) in [5.74, 6) is 0. The first-order valence-electron chi connectivity index (χ1n) is 8.16. The summed E-state index contributed by atoms with van der Waals surface area (Å²) in [6.07, 6.45) is 0.231.